The van der Waals surface area contributed by atoms with Crippen molar-refractivity contribution in [2.24, 2.45) is 0 Å². The van der Waals surface area contributed by atoms with Crippen molar-refractivity contribution in [3.8, 4) is 0 Å². The highest BCUT2D eigenvalue weighted by Gasteiger charge is 2.24. The summed E-state index contributed by atoms with van der Waals surface area (Å²) in [5.41, 5.74) is 2.21. The van der Waals surface area contributed by atoms with Crippen molar-refractivity contribution in [3.05, 3.63) is 70.0 Å². The number of benzene rings is 2. The smallest absolute Gasteiger partial charge is 0.258 e. The lowest BCUT2D eigenvalue weighted by Gasteiger charge is -2.00. The molecule has 110 valence electrons. The van der Waals surface area contributed by atoms with Gasteiger partial charge in [-0.3, -0.25) is 10.1 Å². The van der Waals surface area contributed by atoms with Crippen LogP contribution < -0.4 is 4.98 Å². The van der Waals surface area contributed by atoms with E-state index in [4.69, 9.17) is 0 Å². The van der Waals surface area contributed by atoms with Crippen LogP contribution >= 0.6 is 0 Å². The molecule has 1 heterocycles. The molecule has 0 atom stereocenters. The summed E-state index contributed by atoms with van der Waals surface area (Å²) in [5.74, 6) is 0.494. The van der Waals surface area contributed by atoms with Crippen LogP contribution in [-0.4, -0.2) is 15.4 Å². The number of fused-ring (bicyclic) bond motifs is 1. The van der Waals surface area contributed by atoms with Crippen LogP contribution in [0.25, 0.3) is 11.0 Å². The number of rotatable bonds is 3. The molecule has 0 bridgehead atoms. The number of nitro benzene ring substituents is 1. The summed E-state index contributed by atoms with van der Waals surface area (Å²) in [5, 5.41) is 11.1. The number of H-pyrrole nitrogens is 1. The van der Waals surface area contributed by atoms with E-state index in [0.29, 0.717) is 11.4 Å². The van der Waals surface area contributed by atoms with Gasteiger partial charge in [0.05, 0.1) is 11.3 Å². The summed E-state index contributed by atoms with van der Waals surface area (Å²) >= 11 is 0. The van der Waals surface area contributed by atoms with Crippen molar-refractivity contribution in [1.29, 1.82) is 0 Å². The van der Waals surface area contributed by atoms with Crippen LogP contribution in [0.2, 0.25) is 0 Å². The van der Waals surface area contributed by atoms with Gasteiger partial charge in [0.2, 0.25) is 0 Å². The van der Waals surface area contributed by atoms with Gasteiger partial charge >= 0.3 is 5.91 Å². The average Bonchev–Trinajstić information content (AvgIpc) is 2.85. The van der Waals surface area contributed by atoms with E-state index in [1.807, 2.05) is 24.3 Å². The molecule has 0 saturated heterocycles. The maximum Gasteiger partial charge on any atom is 0.311 e. The Morgan fingerprint density at radius 1 is 1.18 bits per heavy atom. The van der Waals surface area contributed by atoms with Gasteiger partial charge in [0.15, 0.2) is 11.0 Å². The number of aromatic amines is 1. The number of hydrogen-bond acceptors (Lipinski definition) is 3. The summed E-state index contributed by atoms with van der Waals surface area (Å²) in [6.07, 6.45) is 0.283. The molecule has 2 aromatic carbocycles. The van der Waals surface area contributed by atoms with Gasteiger partial charge in [0.25, 0.3) is 11.5 Å². The zero-order valence-electron chi connectivity index (χ0n) is 11.9. The third-order valence-corrected chi connectivity index (χ3v) is 3.55. The van der Waals surface area contributed by atoms with Crippen LogP contribution in [0.15, 0.2) is 48.5 Å². The third kappa shape index (κ3) is 2.35. The minimum absolute atomic E-state index is 0.0521. The molecule has 0 unspecified atom stereocenters. The van der Waals surface area contributed by atoms with Gasteiger partial charge in [0, 0.05) is 18.6 Å². The zero-order chi connectivity index (χ0) is 15.7. The molecule has 3 aromatic rings. The molecule has 0 amide bonds. The first-order valence-corrected chi connectivity index (χ1v) is 6.83. The van der Waals surface area contributed by atoms with E-state index in [2.05, 4.69) is 4.98 Å². The van der Waals surface area contributed by atoms with Crippen molar-refractivity contribution >= 4 is 22.6 Å². The molecular formula is C16H14N3O3+. The van der Waals surface area contributed by atoms with Crippen molar-refractivity contribution in [2.75, 3.05) is 0 Å². The van der Waals surface area contributed by atoms with Crippen LogP contribution in [0.5, 0.6) is 0 Å². The van der Waals surface area contributed by atoms with E-state index in [1.54, 1.807) is 22.8 Å². The van der Waals surface area contributed by atoms with Crippen molar-refractivity contribution in [2.45, 2.75) is 13.3 Å². The Balaban J connectivity index is 2.14. The van der Waals surface area contributed by atoms with E-state index < -0.39 is 4.92 Å². The highest BCUT2D eigenvalue weighted by atomic mass is 16.6. The summed E-state index contributed by atoms with van der Waals surface area (Å²) < 4.78 is 1.56. The fourth-order valence-corrected chi connectivity index (χ4v) is 2.63. The standard InChI is InChI=1S/C16H13N3O3/c1-11(20)18-15-9-5-3-7-13(15)17-16(18)10-12-6-2-4-8-14(12)19(21)22/h2-9H,10H2,1H3/p+1. The second-order valence-electron chi connectivity index (χ2n) is 5.01. The molecule has 0 radical (unpaired) electrons. The monoisotopic (exact) mass is 296 g/mol. The SMILES string of the molecule is CC(=O)n1c(Cc2ccccc2[N+](=O)[O-])[nH+]c2ccccc21. The minimum atomic E-state index is -0.407. The second kappa shape index (κ2) is 5.40. The number of carbonyl (C=O) groups is 1. The van der Waals surface area contributed by atoms with Gasteiger partial charge in [-0.05, 0) is 12.1 Å². The van der Waals surface area contributed by atoms with Gasteiger partial charge in [-0.25, -0.2) is 9.78 Å². The lowest BCUT2D eigenvalue weighted by atomic mass is 10.1. The summed E-state index contributed by atoms with van der Waals surface area (Å²) in [4.78, 5) is 25.9. The molecule has 3 rings (SSSR count). The number of nitrogens with one attached hydrogen (secondary N) is 1. The van der Waals surface area contributed by atoms with E-state index in [-0.39, 0.29) is 18.0 Å². The Bertz CT molecular complexity index is 883. The number of nitrogens with zero attached hydrogens (tertiary/aromatic N) is 2. The van der Waals surface area contributed by atoms with Crippen LogP contribution in [0.4, 0.5) is 5.69 Å². The predicted molar refractivity (Wildman–Crippen MR) is 80.7 cm³/mol. The third-order valence-electron chi connectivity index (χ3n) is 3.55. The fraction of sp³-hybridized carbons (Fsp3) is 0.125. The number of imidazole rings is 1. The molecule has 0 aliphatic carbocycles. The van der Waals surface area contributed by atoms with Gasteiger partial charge in [-0.15, -0.1) is 0 Å². The van der Waals surface area contributed by atoms with Crippen LogP contribution in [0.1, 0.15) is 23.1 Å². The second-order valence-corrected chi connectivity index (χ2v) is 5.01. The van der Waals surface area contributed by atoms with Crippen LogP contribution in [0, 0.1) is 10.1 Å². The molecule has 0 spiro atoms. The highest BCUT2D eigenvalue weighted by molar-refractivity contribution is 5.88. The molecular weight excluding hydrogens is 282 g/mol. The molecule has 0 fully saturated rings. The topological polar surface area (TPSA) is 79.3 Å². The van der Waals surface area contributed by atoms with Crippen LogP contribution in [0.3, 0.4) is 0 Å². The van der Waals surface area contributed by atoms with E-state index >= 15 is 0 Å². The Morgan fingerprint density at radius 3 is 2.59 bits per heavy atom. The molecule has 0 aliphatic heterocycles. The van der Waals surface area contributed by atoms with Crippen molar-refractivity contribution in [3.63, 3.8) is 0 Å². The first kappa shape index (κ1) is 13.9. The summed E-state index contributed by atoms with van der Waals surface area (Å²) in [6.45, 7) is 1.48. The number of carbonyl (C=O) groups excluding carboxylic acids is 1. The summed E-state index contributed by atoms with van der Waals surface area (Å²) in [6, 6.07) is 14.0. The predicted octanol–water partition coefficient (Wildman–Crippen LogP) is 2.61. The lowest BCUT2D eigenvalue weighted by molar-refractivity contribution is -0.386. The normalized spacial score (nSPS) is 10.8. The summed E-state index contributed by atoms with van der Waals surface area (Å²) in [7, 11) is 0. The van der Waals surface area contributed by atoms with Gasteiger partial charge in [-0.1, -0.05) is 30.3 Å². The Morgan fingerprint density at radius 2 is 1.86 bits per heavy atom. The molecule has 6 heteroatoms. The van der Waals surface area contributed by atoms with E-state index in [0.717, 1.165) is 11.0 Å². The first-order chi connectivity index (χ1) is 10.6. The number of nitro groups is 1. The highest BCUT2D eigenvalue weighted by Crippen LogP contribution is 2.21. The Kier molecular flexibility index (Phi) is 3.42. The average molecular weight is 296 g/mol. The molecule has 6 nitrogen and oxygen atoms in total. The maximum atomic E-state index is 12.0. The van der Waals surface area contributed by atoms with Gasteiger partial charge < -0.3 is 0 Å². The largest absolute Gasteiger partial charge is 0.311 e. The van der Waals surface area contributed by atoms with Crippen LogP contribution in [-0.2, 0) is 6.42 Å². The molecule has 0 aliphatic rings. The number of aromatic nitrogens is 2. The lowest BCUT2D eigenvalue weighted by Crippen LogP contribution is -2.17. The van der Waals surface area contributed by atoms with Crippen molar-refractivity contribution < 1.29 is 14.7 Å². The number of para-hydroxylation sites is 3. The van der Waals surface area contributed by atoms with E-state index in [9.17, 15) is 14.9 Å². The molecule has 1 N–H and O–H groups in total. The first-order valence-electron chi connectivity index (χ1n) is 6.83. The van der Waals surface area contributed by atoms with Crippen molar-refractivity contribution in [1.82, 2.24) is 4.57 Å². The molecule has 1 aromatic heterocycles. The number of hydrogen-bond donors (Lipinski definition) is 0. The molecule has 0 saturated carbocycles. The molecule has 22 heavy (non-hydrogen) atoms. The van der Waals surface area contributed by atoms with Gasteiger partial charge in [0.1, 0.15) is 0 Å². The maximum absolute atomic E-state index is 12.0. The quantitative estimate of drug-likeness (QED) is 0.550. The zero-order valence-corrected chi connectivity index (χ0v) is 11.9. The van der Waals surface area contributed by atoms with Gasteiger partial charge in [-0.2, -0.15) is 4.57 Å². The Hall–Kier alpha value is -3.02. The fourth-order valence-electron chi connectivity index (χ4n) is 2.63. The minimum Gasteiger partial charge on any atom is -0.258 e. The van der Waals surface area contributed by atoms with E-state index in [1.165, 1.54) is 13.0 Å². The Labute approximate surface area is 126 Å².